The second kappa shape index (κ2) is 10.4. The van der Waals surface area contributed by atoms with Gasteiger partial charge in [0.25, 0.3) is 0 Å². The van der Waals surface area contributed by atoms with E-state index in [1.54, 1.807) is 0 Å². The first-order valence-corrected chi connectivity index (χ1v) is 13.4. The Kier molecular flexibility index (Phi) is 6.64. The van der Waals surface area contributed by atoms with Gasteiger partial charge >= 0.3 is 0 Å². The third-order valence-corrected chi connectivity index (χ3v) is 7.63. The lowest BCUT2D eigenvalue weighted by molar-refractivity contribution is 0.174. The molecule has 0 radical (unpaired) electrons. The van der Waals surface area contributed by atoms with Crippen LogP contribution in [0, 0.1) is 13.8 Å². The van der Waals surface area contributed by atoms with Gasteiger partial charge in [0.2, 0.25) is 6.79 Å². The number of anilines is 1. The molecule has 38 heavy (non-hydrogen) atoms. The number of nitrogens with one attached hydrogen (secondary N) is 2. The van der Waals surface area contributed by atoms with Gasteiger partial charge in [-0.25, -0.2) is 0 Å². The average Bonchev–Trinajstić information content (AvgIpc) is 3.62. The molecule has 1 saturated heterocycles. The van der Waals surface area contributed by atoms with E-state index in [1.165, 1.54) is 11.3 Å². The topological polar surface area (TPSA) is 63.6 Å². The molecule has 2 N–H and O–H groups in total. The summed E-state index contributed by atoms with van der Waals surface area (Å²) in [5.41, 5.74) is 6.73. The number of aryl methyl sites for hydroxylation is 1. The van der Waals surface area contributed by atoms with Crippen molar-refractivity contribution >= 4 is 23.0 Å². The smallest absolute Gasteiger partial charge is 0.231 e. The van der Waals surface area contributed by atoms with Crippen LogP contribution < -0.4 is 20.1 Å². The lowest BCUT2D eigenvalue weighted by Gasteiger charge is -2.28. The van der Waals surface area contributed by atoms with Crippen LogP contribution in [0.3, 0.4) is 0 Å². The van der Waals surface area contributed by atoms with Crippen molar-refractivity contribution in [3.8, 4) is 17.2 Å². The van der Waals surface area contributed by atoms with Crippen molar-refractivity contribution in [3.05, 3.63) is 102 Å². The molecule has 194 valence electrons. The maximum atomic E-state index is 5.90. The zero-order valence-electron chi connectivity index (χ0n) is 21.6. The van der Waals surface area contributed by atoms with Crippen LogP contribution in [0.25, 0.3) is 5.69 Å². The highest BCUT2D eigenvalue weighted by molar-refractivity contribution is 7.80. The van der Waals surface area contributed by atoms with Crippen molar-refractivity contribution in [2.45, 2.75) is 32.4 Å². The van der Waals surface area contributed by atoms with E-state index >= 15 is 0 Å². The fraction of sp³-hybridized carbons (Fsp3) is 0.267. The Morgan fingerprint density at radius 3 is 2.63 bits per heavy atom. The monoisotopic (exact) mass is 525 g/mol. The van der Waals surface area contributed by atoms with Gasteiger partial charge < -0.3 is 29.6 Å². The zero-order chi connectivity index (χ0) is 26.1. The Morgan fingerprint density at radius 1 is 1.00 bits per heavy atom. The summed E-state index contributed by atoms with van der Waals surface area (Å²) >= 11 is 5.90. The summed E-state index contributed by atoms with van der Waals surface area (Å²) in [5.74, 6) is 1.56. The number of fused-ring (bicyclic) bond motifs is 1. The minimum atomic E-state index is -0.0449. The number of rotatable bonds is 8. The maximum Gasteiger partial charge on any atom is 0.231 e. The van der Waals surface area contributed by atoms with Crippen LogP contribution in [-0.4, -0.2) is 39.4 Å². The van der Waals surface area contributed by atoms with Crippen molar-refractivity contribution in [1.29, 1.82) is 0 Å². The second-order valence-electron chi connectivity index (χ2n) is 9.67. The molecule has 0 bridgehead atoms. The van der Waals surface area contributed by atoms with Gasteiger partial charge in [-0.3, -0.25) is 4.98 Å². The number of aromatic nitrogens is 2. The molecule has 4 aromatic rings. The molecular weight excluding hydrogens is 494 g/mol. The third kappa shape index (κ3) is 4.56. The molecular formula is C30H31N5O2S. The van der Waals surface area contributed by atoms with E-state index in [9.17, 15) is 0 Å². The second-order valence-corrected chi connectivity index (χ2v) is 10.1. The summed E-state index contributed by atoms with van der Waals surface area (Å²) < 4.78 is 13.5. The molecule has 2 aliphatic rings. The maximum absolute atomic E-state index is 5.90. The summed E-state index contributed by atoms with van der Waals surface area (Å²) in [6, 6.07) is 24.7. The Bertz CT molecular complexity index is 1440. The highest BCUT2D eigenvalue weighted by atomic mass is 32.1. The van der Waals surface area contributed by atoms with E-state index in [0.717, 1.165) is 58.9 Å². The summed E-state index contributed by atoms with van der Waals surface area (Å²) in [6.45, 7) is 6.27. The van der Waals surface area contributed by atoms with Crippen molar-refractivity contribution in [2.24, 2.45) is 0 Å². The number of ether oxygens (including phenoxy) is 2. The van der Waals surface area contributed by atoms with E-state index in [1.807, 2.05) is 48.7 Å². The minimum Gasteiger partial charge on any atom is -0.454 e. The molecule has 8 heteroatoms. The van der Waals surface area contributed by atoms with Gasteiger partial charge in [0.1, 0.15) is 0 Å². The summed E-state index contributed by atoms with van der Waals surface area (Å²) in [4.78, 5) is 7.03. The molecule has 4 heterocycles. The normalized spacial score (nSPS) is 18.1. The number of benzene rings is 2. The lowest BCUT2D eigenvalue weighted by atomic mass is 9.96. The molecule has 2 atom stereocenters. The van der Waals surface area contributed by atoms with Gasteiger partial charge in [0.15, 0.2) is 16.6 Å². The molecule has 2 aromatic heterocycles. The average molecular weight is 526 g/mol. The van der Waals surface area contributed by atoms with Crippen molar-refractivity contribution in [3.63, 3.8) is 0 Å². The van der Waals surface area contributed by atoms with Crippen molar-refractivity contribution in [1.82, 2.24) is 19.8 Å². The van der Waals surface area contributed by atoms with Gasteiger partial charge in [0.05, 0.1) is 17.8 Å². The summed E-state index contributed by atoms with van der Waals surface area (Å²) in [7, 11) is 0. The molecule has 6 rings (SSSR count). The number of pyridine rings is 1. The lowest BCUT2D eigenvalue weighted by Crippen LogP contribution is -2.31. The molecule has 0 aliphatic carbocycles. The van der Waals surface area contributed by atoms with E-state index in [2.05, 4.69) is 64.3 Å². The zero-order valence-corrected chi connectivity index (χ0v) is 22.4. The largest absolute Gasteiger partial charge is 0.454 e. The van der Waals surface area contributed by atoms with E-state index in [-0.39, 0.29) is 18.9 Å². The molecule has 2 aliphatic heterocycles. The van der Waals surface area contributed by atoms with Crippen molar-refractivity contribution in [2.75, 3.05) is 25.2 Å². The first-order chi connectivity index (χ1) is 18.6. The van der Waals surface area contributed by atoms with Gasteiger partial charge in [-0.1, -0.05) is 24.3 Å². The molecule has 0 saturated carbocycles. The minimum absolute atomic E-state index is 0.0167. The molecule has 2 aromatic carbocycles. The van der Waals surface area contributed by atoms with E-state index in [4.69, 9.17) is 26.7 Å². The first kappa shape index (κ1) is 24.3. The number of hydrogen-bond donors (Lipinski definition) is 2. The van der Waals surface area contributed by atoms with Gasteiger partial charge in [0, 0.05) is 48.1 Å². The highest BCUT2D eigenvalue weighted by Crippen LogP contribution is 2.42. The third-order valence-electron chi connectivity index (χ3n) is 7.28. The molecule has 7 nitrogen and oxygen atoms in total. The predicted molar refractivity (Wildman–Crippen MR) is 153 cm³/mol. The fourth-order valence-corrected chi connectivity index (χ4v) is 5.86. The molecule has 1 fully saturated rings. The first-order valence-electron chi connectivity index (χ1n) is 13.0. The van der Waals surface area contributed by atoms with Crippen LogP contribution in [-0.2, 0) is 0 Å². The van der Waals surface area contributed by atoms with Crippen LogP contribution in [0.2, 0.25) is 0 Å². The Morgan fingerprint density at radius 2 is 1.82 bits per heavy atom. The van der Waals surface area contributed by atoms with Crippen LogP contribution >= 0.6 is 12.2 Å². The van der Waals surface area contributed by atoms with Gasteiger partial charge in [-0.2, -0.15) is 0 Å². The van der Waals surface area contributed by atoms with E-state index in [0.29, 0.717) is 0 Å². The van der Waals surface area contributed by atoms with Crippen LogP contribution in [0.4, 0.5) is 5.69 Å². The number of hydrogen-bond acceptors (Lipinski definition) is 5. The Hall–Kier alpha value is -4.04. The Balaban J connectivity index is 1.31. The highest BCUT2D eigenvalue weighted by Gasteiger charge is 2.41. The van der Waals surface area contributed by atoms with Gasteiger partial charge in [-0.15, -0.1) is 0 Å². The number of para-hydroxylation sites is 1. The fourth-order valence-electron chi connectivity index (χ4n) is 5.53. The van der Waals surface area contributed by atoms with Gasteiger partial charge in [-0.05, 0) is 80.5 Å². The standard InChI is InChI=1S/C30H31N5O2S/c1-20-17-24(21(2)35(20)23-12-13-26-27(18-23)37-19-36-26)29-28(25-11-6-7-14-32-25)33-30(38)34(29)16-8-15-31-22-9-4-3-5-10-22/h3-7,9-14,17-18,28-29,31H,8,15-16,19H2,1-2H3,(H,33,38)/t28-,29-/m1/s1. The van der Waals surface area contributed by atoms with Crippen LogP contribution in [0.15, 0.2) is 79.0 Å². The Labute approximate surface area is 228 Å². The number of thiocarbonyl (C=S) groups is 1. The van der Waals surface area contributed by atoms with Crippen molar-refractivity contribution < 1.29 is 9.47 Å². The quantitative estimate of drug-likeness (QED) is 0.226. The molecule has 0 unspecified atom stereocenters. The molecule has 0 spiro atoms. The predicted octanol–water partition coefficient (Wildman–Crippen LogP) is 5.69. The molecule has 0 amide bonds. The summed E-state index contributed by atoms with van der Waals surface area (Å²) in [5, 5.41) is 7.87. The van der Waals surface area contributed by atoms with E-state index < -0.39 is 0 Å². The number of nitrogens with zero attached hydrogens (tertiary/aromatic N) is 3. The summed E-state index contributed by atoms with van der Waals surface area (Å²) in [6.07, 6.45) is 2.79. The SMILES string of the molecule is Cc1cc([C@@H]2[C@@H](c3ccccn3)NC(=S)N2CCCNc2ccccc2)c(C)n1-c1ccc2c(c1)OCO2. The van der Waals surface area contributed by atoms with Crippen LogP contribution in [0.5, 0.6) is 11.5 Å². The van der Waals surface area contributed by atoms with Crippen LogP contribution in [0.1, 0.15) is 41.1 Å².